The summed E-state index contributed by atoms with van der Waals surface area (Å²) in [6, 6.07) is 8.89. The second-order valence-electron chi connectivity index (χ2n) is 6.85. The Hall–Kier alpha value is -3.43. The van der Waals surface area contributed by atoms with Crippen LogP contribution in [0.25, 0.3) is 0 Å². The standard InChI is InChI=1S/C20H18F4N4O2/c1-27(11-12-3-2-4-13(9-12)20(22,23)24)19(30)16-10-17(18(25)29)28(26-16)15-7-5-14(21)6-8-15/h2-9,17H,10-11H2,1H3,(H2,25,29). The number of amides is 2. The SMILES string of the molecule is CN(Cc1cccc(C(F)(F)F)c1)C(=O)C1=NN(c2ccc(F)cc2)C(C(N)=O)C1. The predicted molar refractivity (Wildman–Crippen MR) is 102 cm³/mol. The molecule has 30 heavy (non-hydrogen) atoms. The van der Waals surface area contributed by atoms with Gasteiger partial charge in [-0.25, -0.2) is 4.39 Å². The molecule has 0 spiro atoms. The predicted octanol–water partition coefficient (Wildman–Crippen LogP) is 2.92. The summed E-state index contributed by atoms with van der Waals surface area (Å²) in [7, 11) is 1.42. The van der Waals surface area contributed by atoms with Crippen LogP contribution in [0.2, 0.25) is 0 Å². The number of alkyl halides is 3. The van der Waals surface area contributed by atoms with Gasteiger partial charge in [0.25, 0.3) is 5.91 Å². The smallest absolute Gasteiger partial charge is 0.368 e. The van der Waals surface area contributed by atoms with Crippen LogP contribution in [0.1, 0.15) is 17.5 Å². The first-order valence-corrected chi connectivity index (χ1v) is 8.89. The highest BCUT2D eigenvalue weighted by molar-refractivity contribution is 6.40. The lowest BCUT2D eigenvalue weighted by atomic mass is 10.1. The van der Waals surface area contributed by atoms with Crippen molar-refractivity contribution in [2.45, 2.75) is 25.2 Å². The Kier molecular flexibility index (Phi) is 5.77. The molecule has 0 fully saturated rings. The molecule has 2 amide bonds. The fourth-order valence-corrected chi connectivity index (χ4v) is 3.10. The number of primary amides is 1. The van der Waals surface area contributed by atoms with Gasteiger partial charge in [0, 0.05) is 20.0 Å². The molecule has 3 rings (SSSR count). The number of benzene rings is 2. The van der Waals surface area contributed by atoms with E-state index in [0.717, 1.165) is 12.1 Å². The van der Waals surface area contributed by atoms with Gasteiger partial charge in [0.15, 0.2) is 0 Å². The summed E-state index contributed by atoms with van der Waals surface area (Å²) < 4.78 is 51.8. The van der Waals surface area contributed by atoms with E-state index in [1.54, 1.807) is 0 Å². The third-order valence-electron chi connectivity index (χ3n) is 4.60. The van der Waals surface area contributed by atoms with Crippen molar-refractivity contribution in [3.05, 3.63) is 65.5 Å². The maximum Gasteiger partial charge on any atom is 0.416 e. The third kappa shape index (κ3) is 4.58. The van der Waals surface area contributed by atoms with E-state index in [-0.39, 0.29) is 18.7 Å². The molecule has 0 bridgehead atoms. The summed E-state index contributed by atoms with van der Waals surface area (Å²) >= 11 is 0. The number of halogens is 4. The lowest BCUT2D eigenvalue weighted by molar-refractivity contribution is -0.137. The van der Waals surface area contributed by atoms with Crippen molar-refractivity contribution in [1.82, 2.24) is 4.90 Å². The van der Waals surface area contributed by atoms with Crippen LogP contribution in [0, 0.1) is 5.82 Å². The van der Waals surface area contributed by atoms with E-state index in [9.17, 15) is 27.2 Å². The van der Waals surface area contributed by atoms with Crippen molar-refractivity contribution in [3.63, 3.8) is 0 Å². The molecule has 6 nitrogen and oxygen atoms in total. The molecular weight excluding hydrogens is 404 g/mol. The van der Waals surface area contributed by atoms with Crippen molar-refractivity contribution in [3.8, 4) is 0 Å². The maximum absolute atomic E-state index is 13.2. The zero-order chi connectivity index (χ0) is 22.1. The Morgan fingerprint density at radius 1 is 1.20 bits per heavy atom. The lowest BCUT2D eigenvalue weighted by Gasteiger charge is -2.20. The topological polar surface area (TPSA) is 79.0 Å². The van der Waals surface area contributed by atoms with Crippen molar-refractivity contribution in [2.24, 2.45) is 10.8 Å². The fourth-order valence-electron chi connectivity index (χ4n) is 3.10. The Morgan fingerprint density at radius 2 is 1.87 bits per heavy atom. The van der Waals surface area contributed by atoms with Gasteiger partial charge in [0.05, 0.1) is 11.3 Å². The second-order valence-corrected chi connectivity index (χ2v) is 6.85. The van der Waals surface area contributed by atoms with Crippen LogP contribution in [0.15, 0.2) is 53.6 Å². The average Bonchev–Trinajstić information content (AvgIpc) is 3.13. The van der Waals surface area contributed by atoms with Gasteiger partial charge in [0.2, 0.25) is 5.91 Å². The molecule has 158 valence electrons. The van der Waals surface area contributed by atoms with Gasteiger partial charge in [-0.1, -0.05) is 12.1 Å². The van der Waals surface area contributed by atoms with Crippen LogP contribution in [-0.2, 0) is 22.3 Å². The van der Waals surface area contributed by atoms with Crippen molar-refractivity contribution < 1.29 is 27.2 Å². The molecule has 0 aromatic heterocycles. The molecule has 1 heterocycles. The first-order chi connectivity index (χ1) is 14.1. The number of rotatable bonds is 5. The van der Waals surface area contributed by atoms with E-state index in [1.165, 1.54) is 53.4 Å². The Morgan fingerprint density at radius 3 is 2.47 bits per heavy atom. The molecule has 2 aromatic carbocycles. The summed E-state index contributed by atoms with van der Waals surface area (Å²) in [5.41, 5.74) is 5.30. The molecule has 2 aromatic rings. The van der Waals surface area contributed by atoms with Gasteiger partial charge >= 0.3 is 6.18 Å². The Bertz CT molecular complexity index is 989. The number of nitrogens with two attached hydrogens (primary N) is 1. The van der Waals surface area contributed by atoms with E-state index in [1.807, 2.05) is 0 Å². The molecule has 1 aliphatic rings. The van der Waals surface area contributed by atoms with E-state index < -0.39 is 35.4 Å². The molecule has 0 saturated carbocycles. The number of carbonyl (C=O) groups excluding carboxylic acids is 2. The first kappa shape index (κ1) is 21.3. The second kappa shape index (κ2) is 8.13. The van der Waals surface area contributed by atoms with Gasteiger partial charge in [-0.3, -0.25) is 14.6 Å². The number of anilines is 1. The zero-order valence-electron chi connectivity index (χ0n) is 15.9. The Balaban J connectivity index is 1.79. The zero-order valence-corrected chi connectivity index (χ0v) is 15.9. The first-order valence-electron chi connectivity index (χ1n) is 8.89. The number of nitrogens with zero attached hydrogens (tertiary/aromatic N) is 3. The van der Waals surface area contributed by atoms with Crippen LogP contribution in [-0.4, -0.2) is 35.5 Å². The quantitative estimate of drug-likeness (QED) is 0.753. The van der Waals surface area contributed by atoms with Gasteiger partial charge in [-0.15, -0.1) is 0 Å². The summed E-state index contributed by atoms with van der Waals surface area (Å²) in [6.07, 6.45) is -4.56. The summed E-state index contributed by atoms with van der Waals surface area (Å²) in [6.45, 7) is -0.0838. The van der Waals surface area contributed by atoms with Crippen molar-refractivity contribution >= 4 is 23.2 Å². The number of hydrogen-bond acceptors (Lipinski definition) is 4. The molecule has 1 atom stereocenters. The lowest BCUT2D eigenvalue weighted by Crippen LogP contribution is -2.40. The van der Waals surface area contributed by atoms with Crippen molar-refractivity contribution in [1.29, 1.82) is 0 Å². The Labute approximate surface area is 169 Å². The number of hydrazone groups is 1. The minimum absolute atomic E-state index is 0.0256. The van der Waals surface area contributed by atoms with Crippen LogP contribution in [0.3, 0.4) is 0 Å². The minimum Gasteiger partial charge on any atom is -0.368 e. The molecule has 0 saturated heterocycles. The van der Waals surface area contributed by atoms with Gasteiger partial charge in [0.1, 0.15) is 17.6 Å². The van der Waals surface area contributed by atoms with Crippen LogP contribution < -0.4 is 10.7 Å². The third-order valence-corrected chi connectivity index (χ3v) is 4.60. The van der Waals surface area contributed by atoms with Gasteiger partial charge in [-0.05, 0) is 42.0 Å². The summed E-state index contributed by atoms with van der Waals surface area (Å²) in [5, 5.41) is 5.41. The van der Waals surface area contributed by atoms with E-state index >= 15 is 0 Å². The van der Waals surface area contributed by atoms with Crippen LogP contribution in [0.5, 0.6) is 0 Å². The van der Waals surface area contributed by atoms with Crippen molar-refractivity contribution in [2.75, 3.05) is 12.1 Å². The van der Waals surface area contributed by atoms with Gasteiger partial charge < -0.3 is 10.6 Å². The summed E-state index contributed by atoms with van der Waals surface area (Å²) in [5.74, 6) is -1.75. The van der Waals surface area contributed by atoms with Crippen LogP contribution >= 0.6 is 0 Å². The van der Waals surface area contributed by atoms with E-state index in [4.69, 9.17) is 5.73 Å². The molecule has 0 radical (unpaired) electrons. The maximum atomic E-state index is 13.2. The number of carbonyl (C=O) groups is 2. The molecule has 1 unspecified atom stereocenters. The molecule has 0 aliphatic carbocycles. The highest BCUT2D eigenvalue weighted by atomic mass is 19.4. The highest BCUT2D eigenvalue weighted by Crippen LogP contribution is 2.30. The number of hydrogen-bond donors (Lipinski definition) is 1. The minimum atomic E-state index is -4.49. The normalized spacial score (nSPS) is 16.4. The highest BCUT2D eigenvalue weighted by Gasteiger charge is 2.36. The molecule has 2 N–H and O–H groups in total. The van der Waals surface area contributed by atoms with E-state index in [0.29, 0.717) is 11.3 Å². The van der Waals surface area contributed by atoms with Gasteiger partial charge in [-0.2, -0.15) is 18.3 Å². The largest absolute Gasteiger partial charge is 0.416 e. The monoisotopic (exact) mass is 422 g/mol. The molecular formula is C20H18F4N4O2. The summed E-state index contributed by atoms with van der Waals surface area (Å²) in [4.78, 5) is 25.8. The van der Waals surface area contributed by atoms with E-state index in [2.05, 4.69) is 5.10 Å². The fraction of sp³-hybridized carbons (Fsp3) is 0.250. The molecule has 10 heteroatoms. The molecule has 1 aliphatic heterocycles. The van der Waals surface area contributed by atoms with Crippen LogP contribution in [0.4, 0.5) is 23.2 Å². The average molecular weight is 422 g/mol.